The van der Waals surface area contributed by atoms with Crippen molar-refractivity contribution in [2.75, 3.05) is 32.7 Å². The highest BCUT2D eigenvalue weighted by atomic mass is 16.5. The zero-order chi connectivity index (χ0) is 16.9. The lowest BCUT2D eigenvalue weighted by atomic mass is 10.1. The minimum atomic E-state index is 0.388. The first kappa shape index (κ1) is 17.3. The first-order valence-corrected chi connectivity index (χ1v) is 9.40. The van der Waals surface area contributed by atoms with Crippen LogP contribution in [0.15, 0.2) is 15.6 Å². The monoisotopic (exact) mass is 333 g/mol. The van der Waals surface area contributed by atoms with Crippen LogP contribution in [0.2, 0.25) is 0 Å². The second-order valence-electron chi connectivity index (χ2n) is 7.17. The highest BCUT2D eigenvalue weighted by molar-refractivity contribution is 5.80. The fourth-order valence-corrected chi connectivity index (χ4v) is 3.59. The summed E-state index contributed by atoms with van der Waals surface area (Å²) in [4.78, 5) is 9.82. The molecule has 2 aliphatic heterocycles. The van der Waals surface area contributed by atoms with Gasteiger partial charge >= 0.3 is 0 Å². The molecule has 0 bridgehead atoms. The molecule has 6 heteroatoms. The first-order chi connectivity index (χ1) is 11.7. The quantitative estimate of drug-likeness (QED) is 0.662. The van der Waals surface area contributed by atoms with Crippen molar-refractivity contribution in [1.29, 1.82) is 0 Å². The molecule has 1 aromatic rings. The van der Waals surface area contributed by atoms with Gasteiger partial charge in [0.15, 0.2) is 11.7 Å². The first-order valence-electron chi connectivity index (χ1n) is 9.40. The molecular formula is C18H31N5O. The lowest BCUT2D eigenvalue weighted by Crippen LogP contribution is -2.42. The Kier molecular flexibility index (Phi) is 5.76. The molecule has 2 aliphatic rings. The number of nitrogens with zero attached hydrogens (tertiary/aromatic N) is 4. The van der Waals surface area contributed by atoms with Crippen molar-refractivity contribution in [1.82, 2.24) is 20.3 Å². The maximum atomic E-state index is 5.41. The van der Waals surface area contributed by atoms with Crippen LogP contribution in [-0.4, -0.2) is 59.7 Å². The summed E-state index contributed by atoms with van der Waals surface area (Å²) >= 11 is 0. The number of aliphatic imine (C=N–C) groups is 1. The van der Waals surface area contributed by atoms with Crippen LogP contribution in [0.25, 0.3) is 0 Å². The third-order valence-corrected chi connectivity index (χ3v) is 5.01. The fourth-order valence-electron chi connectivity index (χ4n) is 3.59. The zero-order valence-corrected chi connectivity index (χ0v) is 15.3. The number of hydrogen-bond donors (Lipinski definition) is 1. The Morgan fingerprint density at radius 1 is 1.38 bits per heavy atom. The fraction of sp³-hybridized carbons (Fsp3) is 0.778. The van der Waals surface area contributed by atoms with Gasteiger partial charge in [-0.1, -0.05) is 19.0 Å². The Morgan fingerprint density at radius 2 is 2.17 bits per heavy atom. The SMILES string of the molecule is CCNC(=NCc1cc(C(C)C)no1)N1CCC(N2CCCC2)C1. The third kappa shape index (κ3) is 4.09. The van der Waals surface area contributed by atoms with E-state index in [0.29, 0.717) is 18.5 Å². The summed E-state index contributed by atoms with van der Waals surface area (Å²) in [6.45, 7) is 12.5. The lowest BCUT2D eigenvalue weighted by molar-refractivity contribution is 0.249. The van der Waals surface area contributed by atoms with Gasteiger partial charge in [-0.2, -0.15) is 0 Å². The van der Waals surface area contributed by atoms with Crippen LogP contribution in [-0.2, 0) is 6.54 Å². The molecular weight excluding hydrogens is 302 g/mol. The Bertz CT molecular complexity index is 547. The molecule has 134 valence electrons. The van der Waals surface area contributed by atoms with Gasteiger partial charge in [0, 0.05) is 31.7 Å². The van der Waals surface area contributed by atoms with E-state index < -0.39 is 0 Å². The number of guanidine groups is 1. The van der Waals surface area contributed by atoms with E-state index in [1.807, 2.05) is 6.07 Å². The normalized spacial score (nSPS) is 22.8. The number of hydrogen-bond acceptors (Lipinski definition) is 4. The van der Waals surface area contributed by atoms with Crippen LogP contribution < -0.4 is 5.32 Å². The molecule has 0 spiro atoms. The van der Waals surface area contributed by atoms with Gasteiger partial charge in [-0.15, -0.1) is 0 Å². The van der Waals surface area contributed by atoms with Crippen LogP contribution in [0.5, 0.6) is 0 Å². The number of rotatable bonds is 5. The van der Waals surface area contributed by atoms with E-state index in [2.05, 4.69) is 41.0 Å². The second kappa shape index (κ2) is 8.01. The van der Waals surface area contributed by atoms with Crippen LogP contribution >= 0.6 is 0 Å². The maximum Gasteiger partial charge on any atom is 0.194 e. The average molecular weight is 333 g/mol. The van der Waals surface area contributed by atoms with Crippen molar-refractivity contribution >= 4 is 5.96 Å². The predicted octanol–water partition coefficient (Wildman–Crippen LogP) is 2.43. The van der Waals surface area contributed by atoms with Crippen molar-refractivity contribution in [2.45, 2.75) is 58.5 Å². The topological polar surface area (TPSA) is 56.9 Å². The van der Waals surface area contributed by atoms with E-state index in [0.717, 1.165) is 37.0 Å². The number of aromatic nitrogens is 1. The minimum absolute atomic E-state index is 0.388. The summed E-state index contributed by atoms with van der Waals surface area (Å²) in [5.41, 5.74) is 1.00. The van der Waals surface area contributed by atoms with Crippen LogP contribution in [0.4, 0.5) is 0 Å². The van der Waals surface area contributed by atoms with Gasteiger partial charge in [0.2, 0.25) is 0 Å². The van der Waals surface area contributed by atoms with Crippen molar-refractivity contribution in [3.63, 3.8) is 0 Å². The van der Waals surface area contributed by atoms with Gasteiger partial charge in [0.25, 0.3) is 0 Å². The highest BCUT2D eigenvalue weighted by Gasteiger charge is 2.30. The molecule has 1 N–H and O–H groups in total. The van der Waals surface area contributed by atoms with Crippen LogP contribution in [0.3, 0.4) is 0 Å². The molecule has 0 aromatic carbocycles. The molecule has 3 rings (SSSR count). The summed E-state index contributed by atoms with van der Waals surface area (Å²) in [5.74, 6) is 2.23. The van der Waals surface area contributed by atoms with Gasteiger partial charge in [-0.05, 0) is 45.2 Å². The summed E-state index contributed by atoms with van der Waals surface area (Å²) in [6.07, 6.45) is 3.95. The zero-order valence-electron chi connectivity index (χ0n) is 15.3. The Balaban J connectivity index is 1.60. The molecule has 0 radical (unpaired) electrons. The van der Waals surface area contributed by atoms with Gasteiger partial charge in [0.1, 0.15) is 6.54 Å². The molecule has 0 aliphatic carbocycles. The maximum absolute atomic E-state index is 5.41. The molecule has 2 saturated heterocycles. The van der Waals surface area contributed by atoms with E-state index in [1.54, 1.807) is 0 Å². The van der Waals surface area contributed by atoms with Gasteiger partial charge in [-0.25, -0.2) is 4.99 Å². The summed E-state index contributed by atoms with van der Waals surface area (Å²) in [6, 6.07) is 2.71. The largest absolute Gasteiger partial charge is 0.359 e. The van der Waals surface area contributed by atoms with E-state index in [1.165, 1.54) is 32.4 Å². The van der Waals surface area contributed by atoms with Crippen molar-refractivity contribution in [2.24, 2.45) is 4.99 Å². The van der Waals surface area contributed by atoms with Crippen molar-refractivity contribution in [3.8, 4) is 0 Å². The molecule has 6 nitrogen and oxygen atoms in total. The second-order valence-corrected chi connectivity index (χ2v) is 7.17. The minimum Gasteiger partial charge on any atom is -0.359 e. The third-order valence-electron chi connectivity index (χ3n) is 5.01. The Labute approximate surface area is 145 Å². The molecule has 24 heavy (non-hydrogen) atoms. The molecule has 1 atom stereocenters. The van der Waals surface area contributed by atoms with Crippen molar-refractivity contribution in [3.05, 3.63) is 17.5 Å². The Morgan fingerprint density at radius 3 is 2.83 bits per heavy atom. The highest BCUT2D eigenvalue weighted by Crippen LogP contribution is 2.21. The van der Waals surface area contributed by atoms with E-state index in [9.17, 15) is 0 Å². The smallest absolute Gasteiger partial charge is 0.194 e. The Hall–Kier alpha value is -1.56. The summed E-state index contributed by atoms with van der Waals surface area (Å²) in [5, 5.41) is 7.55. The number of nitrogens with one attached hydrogen (secondary N) is 1. The van der Waals surface area contributed by atoms with E-state index >= 15 is 0 Å². The molecule has 1 unspecified atom stereocenters. The van der Waals surface area contributed by atoms with E-state index in [4.69, 9.17) is 9.52 Å². The number of likely N-dealkylation sites (tertiary alicyclic amines) is 2. The molecule has 0 amide bonds. The lowest BCUT2D eigenvalue weighted by Gasteiger charge is -2.25. The van der Waals surface area contributed by atoms with Crippen molar-refractivity contribution < 1.29 is 4.52 Å². The summed E-state index contributed by atoms with van der Waals surface area (Å²) in [7, 11) is 0. The van der Waals surface area contributed by atoms with E-state index in [-0.39, 0.29) is 0 Å². The van der Waals surface area contributed by atoms with Gasteiger partial charge in [-0.3, -0.25) is 4.90 Å². The molecule has 3 heterocycles. The van der Waals surface area contributed by atoms with Crippen LogP contribution in [0, 0.1) is 0 Å². The predicted molar refractivity (Wildman–Crippen MR) is 96.2 cm³/mol. The van der Waals surface area contributed by atoms with Gasteiger partial charge in [0.05, 0.1) is 5.69 Å². The summed E-state index contributed by atoms with van der Waals surface area (Å²) < 4.78 is 5.41. The molecule has 2 fully saturated rings. The molecule has 1 aromatic heterocycles. The van der Waals surface area contributed by atoms with Crippen LogP contribution in [0.1, 0.15) is 57.4 Å². The standard InChI is InChI=1S/C18H31N5O/c1-4-19-18(20-12-16-11-17(14(2)3)21-24-16)23-10-7-15(13-23)22-8-5-6-9-22/h11,14-15H,4-10,12-13H2,1-3H3,(H,19,20). The van der Waals surface area contributed by atoms with Gasteiger partial charge < -0.3 is 14.7 Å². The molecule has 0 saturated carbocycles. The average Bonchev–Trinajstić information content (AvgIpc) is 3.32.